The minimum absolute atomic E-state index is 0.00185. The molecule has 32 heavy (non-hydrogen) atoms. The maximum atomic E-state index is 15.5. The number of ketones is 2. The molecule has 7 nitrogen and oxygen atoms in total. The van der Waals surface area contributed by atoms with Gasteiger partial charge in [-0.3, -0.25) is 14.4 Å². The lowest BCUT2D eigenvalue weighted by atomic mass is 10.0. The van der Waals surface area contributed by atoms with Crippen molar-refractivity contribution in [2.24, 2.45) is 11.7 Å². The molecule has 2 aromatic rings. The summed E-state index contributed by atoms with van der Waals surface area (Å²) in [4.78, 5) is 40.3. The number of rotatable bonds is 5. The van der Waals surface area contributed by atoms with Crippen molar-refractivity contribution in [3.05, 3.63) is 27.7 Å². The first-order valence-electron chi connectivity index (χ1n) is 10.9. The molecule has 1 unspecified atom stereocenters. The van der Waals surface area contributed by atoms with Crippen LogP contribution in [0.3, 0.4) is 0 Å². The number of benzene rings is 1. The van der Waals surface area contributed by atoms with E-state index in [1.165, 1.54) is 20.1 Å². The van der Waals surface area contributed by atoms with Gasteiger partial charge in [-0.1, -0.05) is 11.8 Å². The van der Waals surface area contributed by atoms with Crippen LogP contribution in [0.15, 0.2) is 15.9 Å². The minimum atomic E-state index is -0.930. The van der Waals surface area contributed by atoms with Gasteiger partial charge in [0.05, 0.1) is 28.6 Å². The molecular weight excluding hydrogens is 433 g/mol. The number of hydrogen-bond acceptors (Lipinski definition) is 7. The number of carbonyl (C=O) groups excluding carboxylic acids is 2. The number of pyridine rings is 1. The van der Waals surface area contributed by atoms with E-state index in [0.29, 0.717) is 35.1 Å². The highest BCUT2D eigenvalue weighted by atomic mass is 32.2. The second-order valence-corrected chi connectivity index (χ2v) is 10.2. The maximum Gasteiger partial charge on any atom is 0.201 e. The molecule has 1 aromatic carbocycles. The van der Waals surface area contributed by atoms with Crippen LogP contribution in [0.2, 0.25) is 0 Å². The van der Waals surface area contributed by atoms with Crippen molar-refractivity contribution < 1.29 is 18.7 Å². The van der Waals surface area contributed by atoms with Crippen molar-refractivity contribution >= 4 is 39.9 Å². The number of nitrogens with two attached hydrogens (primary N) is 1. The van der Waals surface area contributed by atoms with Gasteiger partial charge in [-0.25, -0.2) is 4.39 Å². The number of anilines is 1. The Balaban J connectivity index is 1.79. The van der Waals surface area contributed by atoms with E-state index in [2.05, 4.69) is 0 Å². The van der Waals surface area contributed by atoms with E-state index < -0.39 is 22.3 Å². The van der Waals surface area contributed by atoms with Crippen LogP contribution in [-0.4, -0.2) is 47.6 Å². The summed E-state index contributed by atoms with van der Waals surface area (Å²) in [6.45, 7) is 4.56. The fourth-order valence-corrected chi connectivity index (χ4v) is 6.24. The van der Waals surface area contributed by atoms with E-state index in [1.54, 1.807) is 0 Å². The molecule has 0 radical (unpaired) electrons. The molecule has 3 atom stereocenters. The third-order valence-corrected chi connectivity index (χ3v) is 8.22. The lowest BCUT2D eigenvalue weighted by Gasteiger charge is -2.26. The highest BCUT2D eigenvalue weighted by Gasteiger charge is 2.43. The van der Waals surface area contributed by atoms with E-state index in [1.807, 2.05) is 16.4 Å². The zero-order valence-corrected chi connectivity index (χ0v) is 19.1. The molecule has 1 aliphatic carbocycles. The zero-order chi connectivity index (χ0) is 22.9. The topological polar surface area (TPSA) is 94.6 Å². The van der Waals surface area contributed by atoms with Crippen LogP contribution in [0.25, 0.3) is 10.9 Å². The van der Waals surface area contributed by atoms with E-state index in [4.69, 9.17) is 10.5 Å². The number of carbonyl (C=O) groups is 2. The summed E-state index contributed by atoms with van der Waals surface area (Å²) in [5.41, 5.74) is 6.38. The number of methoxy groups -OCH3 is 1. The van der Waals surface area contributed by atoms with Crippen molar-refractivity contribution in [1.29, 1.82) is 0 Å². The number of fused-ring (bicyclic) bond motifs is 2. The van der Waals surface area contributed by atoms with Gasteiger partial charge in [-0.2, -0.15) is 0 Å². The average Bonchev–Trinajstić information content (AvgIpc) is 3.34. The number of Topliss-reactive ketones (excluding diaryl/α,β-unsaturated/α-hetero) is 2. The molecule has 0 bridgehead atoms. The monoisotopic (exact) mass is 459 g/mol. The van der Waals surface area contributed by atoms with E-state index in [9.17, 15) is 14.4 Å². The summed E-state index contributed by atoms with van der Waals surface area (Å²) in [5.74, 6) is -0.789. The molecule has 5 rings (SSSR count). The van der Waals surface area contributed by atoms with Gasteiger partial charge in [0.15, 0.2) is 23.1 Å². The Morgan fingerprint density at radius 2 is 2.03 bits per heavy atom. The van der Waals surface area contributed by atoms with Gasteiger partial charge in [0.25, 0.3) is 0 Å². The first-order valence-corrected chi connectivity index (χ1v) is 11.8. The lowest BCUT2D eigenvalue weighted by molar-refractivity contribution is -0.115. The van der Waals surface area contributed by atoms with E-state index >= 15 is 4.39 Å². The van der Waals surface area contributed by atoms with Gasteiger partial charge in [0.2, 0.25) is 5.43 Å². The van der Waals surface area contributed by atoms with Crippen molar-refractivity contribution in [1.82, 2.24) is 4.57 Å². The van der Waals surface area contributed by atoms with Crippen LogP contribution in [0.5, 0.6) is 5.75 Å². The van der Waals surface area contributed by atoms with E-state index in [-0.39, 0.29) is 34.7 Å². The summed E-state index contributed by atoms with van der Waals surface area (Å²) in [6, 6.07) is 1.31. The van der Waals surface area contributed by atoms with Gasteiger partial charge >= 0.3 is 0 Å². The molecule has 2 N–H and O–H groups in total. The third kappa shape index (κ3) is 3.08. The predicted octanol–water partition coefficient (Wildman–Crippen LogP) is 2.90. The standard InChI is InChI=1S/C23H26FN3O4S/c1-10(25)12-6-7-26(9-12)18-15(24)8-14-17(21(18)31-3)27(13-4-5-13)23-16(19(14)29)20(30)22(32-23)11(2)28/h8,10,12-13,22H,4-7,9,25H2,1-3H3/t10-,12-,22?/m1/s1. The van der Waals surface area contributed by atoms with E-state index in [0.717, 1.165) is 31.0 Å². The molecular formula is C23H26FN3O4S. The first-order chi connectivity index (χ1) is 15.2. The molecule has 170 valence electrons. The largest absolute Gasteiger partial charge is 0.492 e. The predicted molar refractivity (Wildman–Crippen MR) is 122 cm³/mol. The van der Waals surface area contributed by atoms with Gasteiger partial charge in [0, 0.05) is 25.2 Å². The summed E-state index contributed by atoms with van der Waals surface area (Å²) < 4.78 is 23.2. The van der Waals surface area contributed by atoms with Gasteiger partial charge in [-0.15, -0.1) is 0 Å². The molecule has 3 aliphatic rings. The Hall–Kier alpha value is -2.39. The number of nitrogens with zero attached hydrogens (tertiary/aromatic N) is 2. The minimum Gasteiger partial charge on any atom is -0.492 e. The number of halogens is 1. The Morgan fingerprint density at radius 1 is 1.31 bits per heavy atom. The van der Waals surface area contributed by atoms with Gasteiger partial charge in [0.1, 0.15) is 10.9 Å². The van der Waals surface area contributed by atoms with Gasteiger partial charge in [-0.05, 0) is 45.1 Å². The molecule has 2 aliphatic heterocycles. The van der Waals surface area contributed by atoms with Crippen LogP contribution < -0.4 is 20.8 Å². The Labute approximate surface area is 189 Å². The molecule has 1 saturated heterocycles. The van der Waals surface area contributed by atoms with Crippen LogP contribution in [-0.2, 0) is 4.79 Å². The fourth-order valence-electron chi connectivity index (χ4n) is 4.96. The number of thioether (sulfide) groups is 1. The van der Waals surface area contributed by atoms with Crippen molar-refractivity contribution in [2.75, 3.05) is 25.1 Å². The van der Waals surface area contributed by atoms with Gasteiger partial charge < -0.3 is 19.9 Å². The molecule has 9 heteroatoms. The smallest absolute Gasteiger partial charge is 0.201 e. The summed E-state index contributed by atoms with van der Waals surface area (Å²) >= 11 is 1.13. The van der Waals surface area contributed by atoms with Crippen molar-refractivity contribution in [3.8, 4) is 5.75 Å². The zero-order valence-electron chi connectivity index (χ0n) is 18.3. The lowest BCUT2D eigenvalue weighted by Crippen LogP contribution is -2.30. The Bertz CT molecular complexity index is 1220. The number of ether oxygens (including phenoxy) is 1. The second kappa shape index (κ2) is 7.59. The summed E-state index contributed by atoms with van der Waals surface area (Å²) in [7, 11) is 1.47. The highest BCUT2D eigenvalue weighted by molar-refractivity contribution is 8.02. The Kier molecular flexibility index (Phi) is 5.09. The molecule has 1 saturated carbocycles. The van der Waals surface area contributed by atoms with Crippen LogP contribution >= 0.6 is 11.8 Å². The average molecular weight is 460 g/mol. The van der Waals surface area contributed by atoms with Crippen LogP contribution in [0.1, 0.15) is 49.5 Å². The molecule has 3 heterocycles. The second-order valence-electron chi connectivity index (χ2n) is 9.07. The molecule has 0 spiro atoms. The molecule has 2 fully saturated rings. The summed E-state index contributed by atoms with van der Waals surface area (Å²) in [5, 5.41) is -0.309. The SMILES string of the molecule is COc1c(N2CC[C@@H]([C@@H](C)N)C2)c(F)cc2c(=O)c3c(n(C4CC4)c12)SC(C(C)=O)C3=O. The number of aromatic nitrogens is 1. The Morgan fingerprint density at radius 3 is 2.59 bits per heavy atom. The van der Waals surface area contributed by atoms with Crippen molar-refractivity contribution in [3.63, 3.8) is 0 Å². The normalized spacial score (nSPS) is 23.7. The molecule has 0 amide bonds. The fraction of sp³-hybridized carbons (Fsp3) is 0.522. The maximum absolute atomic E-state index is 15.5. The van der Waals surface area contributed by atoms with Crippen LogP contribution in [0, 0.1) is 11.7 Å². The third-order valence-electron chi connectivity index (χ3n) is 6.81. The van der Waals surface area contributed by atoms with Crippen molar-refractivity contribution in [2.45, 2.75) is 55.5 Å². The first kappa shape index (κ1) is 21.5. The van der Waals surface area contributed by atoms with Crippen LogP contribution in [0.4, 0.5) is 10.1 Å². The highest BCUT2D eigenvalue weighted by Crippen LogP contribution is 2.49. The molecule has 1 aromatic heterocycles. The summed E-state index contributed by atoms with van der Waals surface area (Å²) in [6.07, 6.45) is 2.62. The quantitative estimate of drug-likeness (QED) is 0.687. The number of hydrogen-bond donors (Lipinski definition) is 1.